The Hall–Kier alpha value is -10.2. The standard InChI is InChI=1S/C76H46N8.2Pd/c1-7-19-47(20-8-1)69-53-31-35-57(77-53)71(49-23-11-3-12-24-49)61-39-43-65(81-61)75(66-44-40-62(82-66)72(50-25-13-4-14-26-50)58-36-32-54(69)78-58)76-67-45-41-63(83-67)73(51-27-15-5-16-28-51)59-37-33-55(79-59)70(48-21-9-2-10-22-48)56-34-38-60(80-56)74(52-29-17-6-18-30-52)64-42-46-68(76)84-64;;/h1-46H;;/q-4;2*+2. The average molecular weight is 1280 g/mol. The van der Waals surface area contributed by atoms with Crippen LogP contribution >= 0.6 is 0 Å². The van der Waals surface area contributed by atoms with Crippen LogP contribution in [0.3, 0.4) is 0 Å². The Bertz CT molecular complexity index is 4700. The molecule has 0 saturated heterocycles. The summed E-state index contributed by atoms with van der Waals surface area (Å²) >= 11 is 0. The van der Waals surface area contributed by atoms with Crippen molar-refractivity contribution in [2.75, 3.05) is 0 Å². The van der Waals surface area contributed by atoms with Crippen LogP contribution in [0, 0.1) is 0 Å². The number of fused-ring (bicyclic) bond motifs is 16. The van der Waals surface area contributed by atoms with Gasteiger partial charge in [-0.05, 0) is 126 Å². The predicted octanol–water partition coefficient (Wildman–Crippen LogP) is 17.8. The zero-order chi connectivity index (χ0) is 55.5. The van der Waals surface area contributed by atoms with E-state index in [0.29, 0.717) is 22.4 Å². The van der Waals surface area contributed by atoms with Crippen LogP contribution in [0.1, 0.15) is 45.6 Å². The van der Waals surface area contributed by atoms with E-state index in [4.69, 9.17) is 39.9 Å². The minimum Gasteiger partial charge on any atom is -0.657 e. The Morgan fingerprint density at radius 3 is 0.465 bits per heavy atom. The molecule has 0 unspecified atom stereocenters. The predicted molar refractivity (Wildman–Crippen MR) is 345 cm³/mol. The molecule has 10 heteroatoms. The molecular formula is C76H46N8Pd2. The van der Waals surface area contributed by atoms with Gasteiger partial charge in [-0.1, -0.05) is 231 Å². The Morgan fingerprint density at radius 2 is 0.302 bits per heavy atom. The first-order valence-corrected chi connectivity index (χ1v) is 28.1. The van der Waals surface area contributed by atoms with Gasteiger partial charge in [0.1, 0.15) is 0 Å². The summed E-state index contributed by atoms with van der Waals surface area (Å²) in [5.74, 6) is 0. The van der Waals surface area contributed by atoms with E-state index in [9.17, 15) is 0 Å². The van der Waals surface area contributed by atoms with Crippen molar-refractivity contribution in [3.05, 3.63) is 276 Å². The molecule has 0 amide bonds. The van der Waals surface area contributed by atoms with E-state index in [1.54, 1.807) is 0 Å². The Labute approximate surface area is 523 Å². The maximum absolute atomic E-state index is 5.70. The van der Waals surface area contributed by atoms with E-state index in [1.807, 2.05) is 36.4 Å². The topological polar surface area (TPSA) is 108 Å². The smallest absolute Gasteiger partial charge is 0.657 e. The minimum atomic E-state index is 0. The summed E-state index contributed by atoms with van der Waals surface area (Å²) in [6.07, 6.45) is 16.8. The minimum absolute atomic E-state index is 0. The van der Waals surface area contributed by atoms with Crippen LogP contribution in [0.4, 0.5) is 0 Å². The van der Waals surface area contributed by atoms with Gasteiger partial charge in [-0.2, -0.15) is 0 Å². The van der Waals surface area contributed by atoms with Crippen LogP contribution < -0.4 is 19.9 Å². The number of benzene rings is 6. The Morgan fingerprint density at radius 1 is 0.163 bits per heavy atom. The van der Waals surface area contributed by atoms with Crippen LogP contribution in [0.5, 0.6) is 0 Å². The molecule has 86 heavy (non-hydrogen) atoms. The number of hydrogen-bond acceptors (Lipinski definition) is 4. The molecule has 4 aliphatic rings. The van der Waals surface area contributed by atoms with Crippen molar-refractivity contribution < 1.29 is 40.8 Å². The van der Waals surface area contributed by atoms with Gasteiger partial charge in [0.05, 0.1) is 45.6 Å². The SMILES string of the molecule is C1=Cc2nc1c(-c1ccccc1)c1ccc([n-]1)c(-c1ccccc1)c1nc(c(-c3c4nc(c(-c5ccccc5)c5ccc([n-]5)c(-c5ccccc5)c5nc(c(-c6ccccc6)c6ccc3[n-]6)C=C5)C=C4)c3ccc([n-]3)c2-c2ccccc2)C=C1.[Pd+2].[Pd+2]. The molecule has 8 nitrogen and oxygen atoms in total. The molecular weight excluding hydrogens is 1240 g/mol. The van der Waals surface area contributed by atoms with Crippen LogP contribution in [0.25, 0.3) is 171 Å². The molecule has 4 aliphatic heterocycles. The Balaban J connectivity index is 0.00000327. The van der Waals surface area contributed by atoms with Crippen LogP contribution in [0.2, 0.25) is 0 Å². The molecule has 410 valence electrons. The molecule has 6 aromatic carbocycles. The fourth-order valence-corrected chi connectivity index (χ4v) is 12.1. The molecule has 0 radical (unpaired) electrons. The second-order valence-corrected chi connectivity index (χ2v) is 20.9. The molecule has 16 rings (SSSR count). The van der Waals surface area contributed by atoms with Crippen molar-refractivity contribution in [3.63, 3.8) is 0 Å². The summed E-state index contributed by atoms with van der Waals surface area (Å²) in [4.78, 5) is 44.8. The van der Waals surface area contributed by atoms with E-state index in [2.05, 4.69) is 243 Å². The fraction of sp³-hybridized carbons (Fsp3) is 0. The zero-order valence-corrected chi connectivity index (χ0v) is 48.9. The molecule has 0 saturated carbocycles. The monoisotopic (exact) mass is 1280 g/mol. The third-order valence-corrected chi connectivity index (χ3v) is 15.8. The number of hydrogen-bond donors (Lipinski definition) is 0. The van der Waals surface area contributed by atoms with Gasteiger partial charge in [0.15, 0.2) is 0 Å². The molecule has 0 fully saturated rings. The first-order valence-electron chi connectivity index (χ1n) is 28.1. The van der Waals surface area contributed by atoms with Gasteiger partial charge in [0, 0.05) is 0 Å². The van der Waals surface area contributed by atoms with Crippen LogP contribution in [-0.2, 0) is 40.8 Å². The van der Waals surface area contributed by atoms with Crippen molar-refractivity contribution >= 4 is 92.7 Å². The molecule has 0 aliphatic carbocycles. The third kappa shape index (κ3) is 9.62. The van der Waals surface area contributed by atoms with E-state index < -0.39 is 0 Å². The number of nitrogens with zero attached hydrogens (tertiary/aromatic N) is 8. The van der Waals surface area contributed by atoms with Crippen LogP contribution in [-0.4, -0.2) is 19.9 Å². The molecule has 10 heterocycles. The van der Waals surface area contributed by atoms with E-state index in [-0.39, 0.29) is 40.8 Å². The first-order chi connectivity index (χ1) is 41.6. The molecule has 0 atom stereocenters. The second kappa shape index (κ2) is 22.8. The zero-order valence-electron chi connectivity index (χ0n) is 45.8. The maximum atomic E-state index is 5.70. The second-order valence-electron chi connectivity index (χ2n) is 20.9. The first kappa shape index (κ1) is 53.8. The quantitative estimate of drug-likeness (QED) is 0.145. The molecule has 6 aromatic heterocycles. The van der Waals surface area contributed by atoms with Gasteiger partial charge < -0.3 is 19.9 Å². The third-order valence-electron chi connectivity index (χ3n) is 15.8. The summed E-state index contributed by atoms with van der Waals surface area (Å²) in [6, 6.07) is 79.3. The summed E-state index contributed by atoms with van der Waals surface area (Å²) in [6.45, 7) is 0. The Kier molecular flexibility index (Phi) is 14.3. The normalized spacial score (nSPS) is 12.0. The van der Waals surface area contributed by atoms with Crippen molar-refractivity contribution in [1.29, 1.82) is 0 Å². The van der Waals surface area contributed by atoms with Gasteiger partial charge in [-0.15, -0.1) is 44.1 Å². The molecule has 16 bridgehead atoms. The summed E-state index contributed by atoms with van der Waals surface area (Å²) in [5, 5.41) is 0. The summed E-state index contributed by atoms with van der Waals surface area (Å²) in [7, 11) is 0. The van der Waals surface area contributed by atoms with Gasteiger partial charge in [-0.25, -0.2) is 19.9 Å². The van der Waals surface area contributed by atoms with Gasteiger partial charge >= 0.3 is 40.8 Å². The average Bonchev–Trinajstić information content (AvgIpc) is 2.13. The molecule has 0 N–H and O–H groups in total. The van der Waals surface area contributed by atoms with Gasteiger partial charge in [-0.3, -0.25) is 0 Å². The number of aromatic nitrogens is 8. The van der Waals surface area contributed by atoms with Crippen molar-refractivity contribution in [1.82, 2.24) is 39.9 Å². The summed E-state index contributed by atoms with van der Waals surface area (Å²) < 4.78 is 0. The van der Waals surface area contributed by atoms with E-state index in [1.165, 1.54) is 0 Å². The van der Waals surface area contributed by atoms with Crippen molar-refractivity contribution in [3.8, 4) is 77.9 Å². The molecule has 12 aromatic rings. The fourth-order valence-electron chi connectivity index (χ4n) is 12.1. The van der Waals surface area contributed by atoms with Crippen LogP contribution in [0.15, 0.2) is 231 Å². The van der Waals surface area contributed by atoms with Gasteiger partial charge in [0.2, 0.25) is 0 Å². The van der Waals surface area contributed by atoms with E-state index in [0.717, 1.165) is 145 Å². The van der Waals surface area contributed by atoms with Gasteiger partial charge in [0.25, 0.3) is 0 Å². The molecule has 0 spiro atoms. The largest absolute Gasteiger partial charge is 2.00 e. The number of rotatable bonds is 7. The summed E-state index contributed by atoms with van der Waals surface area (Å²) in [5.41, 5.74) is 25.1. The maximum Gasteiger partial charge on any atom is 2.00 e. The van der Waals surface area contributed by atoms with Crippen molar-refractivity contribution in [2.45, 2.75) is 0 Å². The van der Waals surface area contributed by atoms with Crippen molar-refractivity contribution in [2.24, 2.45) is 0 Å². The van der Waals surface area contributed by atoms with E-state index >= 15 is 0 Å².